The number of rotatable bonds is 2. The molecule has 12 heavy (non-hydrogen) atoms. The lowest BCUT2D eigenvalue weighted by Crippen LogP contribution is -2.32. The fraction of sp³-hybridized carbons (Fsp3) is 0.750. The monoisotopic (exact) mass is 169 g/mol. The van der Waals surface area contributed by atoms with E-state index in [1.165, 1.54) is 0 Å². The third-order valence-corrected chi connectivity index (χ3v) is 2.22. The molecule has 1 fully saturated rings. The maximum atomic E-state index is 10.7. The van der Waals surface area contributed by atoms with E-state index in [1.54, 1.807) is 6.26 Å². The van der Waals surface area contributed by atoms with E-state index in [4.69, 9.17) is 10.4 Å². The molecule has 0 radical (unpaired) electrons. The first-order valence-corrected chi connectivity index (χ1v) is 4.03. The van der Waals surface area contributed by atoms with Crippen LogP contribution in [0.2, 0.25) is 0 Å². The molecule has 2 atom stereocenters. The van der Waals surface area contributed by atoms with Gasteiger partial charge in [-0.1, -0.05) is 6.42 Å². The van der Waals surface area contributed by atoms with Gasteiger partial charge in [-0.3, -0.25) is 4.79 Å². The third-order valence-electron chi connectivity index (χ3n) is 2.22. The zero-order valence-corrected chi connectivity index (χ0v) is 6.69. The van der Waals surface area contributed by atoms with Crippen LogP contribution in [0.25, 0.3) is 0 Å². The predicted octanol–water partition coefficient (Wildman–Crippen LogP) is 1.13. The highest BCUT2D eigenvalue weighted by Crippen LogP contribution is 2.26. The van der Waals surface area contributed by atoms with Crippen molar-refractivity contribution < 1.29 is 14.6 Å². The van der Waals surface area contributed by atoms with Crippen LogP contribution in [0.15, 0.2) is 0 Å². The van der Waals surface area contributed by atoms with Crippen LogP contribution in [-0.2, 0) is 9.53 Å². The lowest BCUT2D eigenvalue weighted by molar-refractivity contribution is -0.147. The Morgan fingerprint density at radius 1 is 1.50 bits per heavy atom. The van der Waals surface area contributed by atoms with E-state index < -0.39 is 18.0 Å². The van der Waals surface area contributed by atoms with E-state index in [0.717, 1.165) is 12.8 Å². The summed E-state index contributed by atoms with van der Waals surface area (Å²) in [5.41, 5.74) is 0. The molecule has 0 bridgehead atoms. The van der Waals surface area contributed by atoms with Crippen molar-refractivity contribution in [3.05, 3.63) is 0 Å². The lowest BCUT2D eigenvalue weighted by Gasteiger charge is -2.25. The standard InChI is InChI=1S/C8H11NO3/c9-5-12-7-4-2-1-3-6(7)8(10)11/h6-7H,1-4H2,(H,10,11). The van der Waals surface area contributed by atoms with Crippen molar-refractivity contribution in [1.82, 2.24) is 0 Å². The zero-order chi connectivity index (χ0) is 8.97. The minimum Gasteiger partial charge on any atom is -0.481 e. The minimum atomic E-state index is -0.852. The molecular weight excluding hydrogens is 158 g/mol. The zero-order valence-electron chi connectivity index (χ0n) is 6.69. The Morgan fingerprint density at radius 3 is 2.75 bits per heavy atom. The fourth-order valence-electron chi connectivity index (χ4n) is 1.59. The number of carboxylic acid groups (broad SMARTS) is 1. The van der Waals surface area contributed by atoms with Crippen LogP contribution in [0.1, 0.15) is 25.7 Å². The van der Waals surface area contributed by atoms with Gasteiger partial charge in [-0.25, -0.2) is 0 Å². The summed E-state index contributed by atoms with van der Waals surface area (Å²) in [5, 5.41) is 17.0. The number of hydrogen-bond donors (Lipinski definition) is 1. The van der Waals surface area contributed by atoms with Gasteiger partial charge in [-0.05, 0) is 19.3 Å². The average Bonchev–Trinajstić information content (AvgIpc) is 2.05. The summed E-state index contributed by atoms with van der Waals surface area (Å²) in [6, 6.07) is 0. The SMILES string of the molecule is N#COC1CCCCC1C(=O)O. The van der Waals surface area contributed by atoms with Crippen molar-refractivity contribution in [2.75, 3.05) is 0 Å². The number of carbonyl (C=O) groups is 1. The minimum absolute atomic E-state index is 0.402. The van der Waals surface area contributed by atoms with Gasteiger partial charge in [0.1, 0.15) is 6.10 Å². The van der Waals surface area contributed by atoms with Gasteiger partial charge in [-0.2, -0.15) is 5.26 Å². The van der Waals surface area contributed by atoms with Gasteiger partial charge in [0.25, 0.3) is 6.26 Å². The largest absolute Gasteiger partial charge is 0.481 e. The molecule has 1 rings (SSSR count). The van der Waals surface area contributed by atoms with Gasteiger partial charge in [0.15, 0.2) is 0 Å². The maximum Gasteiger partial charge on any atom is 0.310 e. The lowest BCUT2D eigenvalue weighted by atomic mass is 9.86. The summed E-state index contributed by atoms with van der Waals surface area (Å²) in [7, 11) is 0. The first kappa shape index (κ1) is 8.85. The summed E-state index contributed by atoms with van der Waals surface area (Å²) in [6.45, 7) is 0. The molecule has 0 spiro atoms. The van der Waals surface area contributed by atoms with Crippen LogP contribution >= 0.6 is 0 Å². The Morgan fingerprint density at radius 2 is 2.17 bits per heavy atom. The molecule has 4 nitrogen and oxygen atoms in total. The van der Waals surface area contributed by atoms with Crippen LogP contribution < -0.4 is 0 Å². The molecule has 0 aliphatic heterocycles. The molecule has 0 aromatic carbocycles. The van der Waals surface area contributed by atoms with Gasteiger partial charge in [-0.15, -0.1) is 0 Å². The molecule has 1 N–H and O–H groups in total. The van der Waals surface area contributed by atoms with Gasteiger partial charge in [0.05, 0.1) is 5.92 Å². The van der Waals surface area contributed by atoms with E-state index in [0.29, 0.717) is 12.8 Å². The molecule has 4 heteroatoms. The highest BCUT2D eigenvalue weighted by atomic mass is 16.5. The Kier molecular flexibility index (Phi) is 2.92. The summed E-state index contributed by atoms with van der Waals surface area (Å²) >= 11 is 0. The molecule has 2 unspecified atom stereocenters. The van der Waals surface area contributed by atoms with E-state index in [1.807, 2.05) is 0 Å². The number of aliphatic carboxylic acids is 1. The number of nitrogens with zero attached hydrogens (tertiary/aromatic N) is 1. The predicted molar refractivity (Wildman–Crippen MR) is 40.1 cm³/mol. The van der Waals surface area contributed by atoms with Crippen molar-refractivity contribution in [3.8, 4) is 6.26 Å². The molecule has 0 aromatic heterocycles. The molecule has 1 aliphatic carbocycles. The van der Waals surface area contributed by atoms with Crippen LogP contribution in [-0.4, -0.2) is 17.2 Å². The highest BCUT2D eigenvalue weighted by molar-refractivity contribution is 5.70. The van der Waals surface area contributed by atoms with Crippen molar-refractivity contribution in [2.24, 2.45) is 5.92 Å². The molecule has 1 saturated carbocycles. The van der Waals surface area contributed by atoms with Crippen molar-refractivity contribution in [3.63, 3.8) is 0 Å². The molecule has 66 valence electrons. The first-order valence-electron chi connectivity index (χ1n) is 4.03. The summed E-state index contributed by atoms with van der Waals surface area (Å²) in [4.78, 5) is 10.7. The van der Waals surface area contributed by atoms with Gasteiger partial charge < -0.3 is 9.84 Å². The molecule has 0 saturated heterocycles. The van der Waals surface area contributed by atoms with Crippen LogP contribution in [0.4, 0.5) is 0 Å². The number of ether oxygens (including phenoxy) is 1. The van der Waals surface area contributed by atoms with E-state index in [-0.39, 0.29) is 0 Å². The maximum absolute atomic E-state index is 10.7. The summed E-state index contributed by atoms with van der Waals surface area (Å²) in [5.74, 6) is -1.34. The Bertz CT molecular complexity index is 209. The molecular formula is C8H11NO3. The second-order valence-corrected chi connectivity index (χ2v) is 2.98. The number of nitriles is 1. The normalized spacial score (nSPS) is 28.9. The Balaban J connectivity index is 2.55. The smallest absolute Gasteiger partial charge is 0.310 e. The molecule has 1 aliphatic rings. The second-order valence-electron chi connectivity index (χ2n) is 2.98. The second kappa shape index (κ2) is 3.96. The van der Waals surface area contributed by atoms with Crippen LogP contribution in [0, 0.1) is 17.4 Å². The summed E-state index contributed by atoms with van der Waals surface area (Å²) < 4.78 is 4.68. The first-order chi connectivity index (χ1) is 5.75. The topological polar surface area (TPSA) is 70.3 Å². The Labute approximate surface area is 70.7 Å². The number of carboxylic acids is 1. The molecule has 0 heterocycles. The summed E-state index contributed by atoms with van der Waals surface area (Å²) in [6.07, 6.45) is 4.34. The molecule has 0 amide bonds. The van der Waals surface area contributed by atoms with Crippen LogP contribution in [0.3, 0.4) is 0 Å². The van der Waals surface area contributed by atoms with E-state index >= 15 is 0 Å². The van der Waals surface area contributed by atoms with Gasteiger partial charge in [0, 0.05) is 0 Å². The van der Waals surface area contributed by atoms with Gasteiger partial charge in [0.2, 0.25) is 0 Å². The fourth-order valence-corrected chi connectivity index (χ4v) is 1.59. The van der Waals surface area contributed by atoms with Crippen molar-refractivity contribution >= 4 is 5.97 Å². The van der Waals surface area contributed by atoms with E-state index in [2.05, 4.69) is 4.74 Å². The third kappa shape index (κ3) is 1.88. The quantitative estimate of drug-likeness (QED) is 0.629. The van der Waals surface area contributed by atoms with Crippen molar-refractivity contribution in [1.29, 1.82) is 5.26 Å². The number of hydrogen-bond acceptors (Lipinski definition) is 3. The van der Waals surface area contributed by atoms with E-state index in [9.17, 15) is 4.79 Å². The highest BCUT2D eigenvalue weighted by Gasteiger charge is 2.32. The van der Waals surface area contributed by atoms with Crippen molar-refractivity contribution in [2.45, 2.75) is 31.8 Å². The van der Waals surface area contributed by atoms with Crippen LogP contribution in [0.5, 0.6) is 0 Å². The Hall–Kier alpha value is -1.24. The molecule has 0 aromatic rings. The average molecular weight is 169 g/mol. The van der Waals surface area contributed by atoms with Gasteiger partial charge >= 0.3 is 5.97 Å².